The van der Waals surface area contributed by atoms with Crippen molar-refractivity contribution in [3.8, 4) is 11.1 Å². The standard InChI is InChI=1S/C27H24N2O5S/c1-16-29(24(15-35-16)26(31)32)25(30)21-12-6-7-13-23(21)28-27(33)34-14-22-19-10-4-2-8-17(19)18-9-3-5-11-20(18)22/h2-13,16,22,24H,14-15H2,1H3,(H,28,33)(H,31,32). The number of nitrogens with zero attached hydrogens (tertiary/aromatic N) is 1. The number of para-hydroxylation sites is 1. The quantitative estimate of drug-likeness (QED) is 0.523. The maximum absolute atomic E-state index is 13.3. The van der Waals surface area contributed by atoms with Gasteiger partial charge >= 0.3 is 12.1 Å². The Balaban J connectivity index is 1.32. The molecule has 178 valence electrons. The van der Waals surface area contributed by atoms with E-state index in [4.69, 9.17) is 4.74 Å². The molecule has 1 aliphatic heterocycles. The van der Waals surface area contributed by atoms with Crippen LogP contribution in [0.2, 0.25) is 0 Å². The minimum atomic E-state index is -1.04. The predicted octanol–water partition coefficient (Wildman–Crippen LogP) is 5.04. The molecule has 0 bridgehead atoms. The fourth-order valence-electron chi connectivity index (χ4n) is 4.80. The third-order valence-electron chi connectivity index (χ3n) is 6.48. The number of anilines is 1. The third kappa shape index (κ3) is 4.25. The summed E-state index contributed by atoms with van der Waals surface area (Å²) in [5.41, 5.74) is 5.00. The van der Waals surface area contributed by atoms with Crippen molar-refractivity contribution in [2.45, 2.75) is 24.3 Å². The summed E-state index contributed by atoms with van der Waals surface area (Å²) in [6.45, 7) is 1.95. The molecular formula is C27H24N2O5S. The van der Waals surface area contributed by atoms with Crippen LogP contribution in [0.4, 0.5) is 10.5 Å². The number of carboxylic acids is 1. The fourth-order valence-corrected chi connectivity index (χ4v) is 5.97. The van der Waals surface area contributed by atoms with Crippen molar-refractivity contribution < 1.29 is 24.2 Å². The van der Waals surface area contributed by atoms with E-state index in [1.165, 1.54) is 16.7 Å². The van der Waals surface area contributed by atoms with Crippen LogP contribution in [0.1, 0.15) is 34.3 Å². The highest BCUT2D eigenvalue weighted by Crippen LogP contribution is 2.44. The van der Waals surface area contributed by atoms with Crippen LogP contribution in [-0.2, 0) is 9.53 Å². The summed E-state index contributed by atoms with van der Waals surface area (Å²) in [7, 11) is 0. The molecular weight excluding hydrogens is 464 g/mol. The molecule has 2 N–H and O–H groups in total. The molecule has 8 heteroatoms. The fraction of sp³-hybridized carbons (Fsp3) is 0.222. The SMILES string of the molecule is CC1SCC(C(=O)O)N1C(=O)c1ccccc1NC(=O)OCC1c2ccccc2-c2ccccc21. The van der Waals surface area contributed by atoms with Gasteiger partial charge in [0.15, 0.2) is 0 Å². The topological polar surface area (TPSA) is 95.9 Å². The van der Waals surface area contributed by atoms with E-state index in [0.717, 1.165) is 22.3 Å². The molecule has 35 heavy (non-hydrogen) atoms. The normalized spacial score (nSPS) is 18.6. The first-order valence-electron chi connectivity index (χ1n) is 11.3. The Kier molecular flexibility index (Phi) is 6.21. The van der Waals surface area contributed by atoms with E-state index in [2.05, 4.69) is 17.4 Å². The number of rotatable bonds is 5. The summed E-state index contributed by atoms with van der Waals surface area (Å²) < 4.78 is 5.61. The van der Waals surface area contributed by atoms with Gasteiger partial charge in [0.05, 0.1) is 16.6 Å². The van der Waals surface area contributed by atoms with Gasteiger partial charge in [0, 0.05) is 11.7 Å². The maximum atomic E-state index is 13.3. The first kappa shape index (κ1) is 23.0. The minimum absolute atomic E-state index is 0.0798. The van der Waals surface area contributed by atoms with Crippen molar-refractivity contribution in [1.29, 1.82) is 0 Å². The van der Waals surface area contributed by atoms with Gasteiger partial charge in [0.25, 0.3) is 5.91 Å². The monoisotopic (exact) mass is 488 g/mol. The van der Waals surface area contributed by atoms with E-state index in [-0.39, 0.29) is 29.1 Å². The Labute approximate surface area is 207 Å². The Morgan fingerprint density at radius 1 is 0.971 bits per heavy atom. The van der Waals surface area contributed by atoms with E-state index in [1.807, 2.05) is 36.4 Å². The summed E-state index contributed by atoms with van der Waals surface area (Å²) in [4.78, 5) is 39.0. The summed E-state index contributed by atoms with van der Waals surface area (Å²) >= 11 is 1.41. The number of carbonyl (C=O) groups is 3. The van der Waals surface area contributed by atoms with Crippen LogP contribution >= 0.6 is 11.8 Å². The van der Waals surface area contributed by atoms with Crippen LogP contribution in [0, 0.1) is 0 Å². The highest BCUT2D eigenvalue weighted by atomic mass is 32.2. The van der Waals surface area contributed by atoms with Gasteiger partial charge in [0.1, 0.15) is 12.6 Å². The summed E-state index contributed by atoms with van der Waals surface area (Å²) in [5, 5.41) is 11.9. The third-order valence-corrected chi connectivity index (χ3v) is 7.70. The van der Waals surface area contributed by atoms with Crippen molar-refractivity contribution >= 4 is 35.4 Å². The number of carbonyl (C=O) groups excluding carboxylic acids is 2. The highest BCUT2D eigenvalue weighted by Gasteiger charge is 2.40. The molecule has 0 radical (unpaired) electrons. The zero-order chi connectivity index (χ0) is 24.5. The average molecular weight is 489 g/mol. The van der Waals surface area contributed by atoms with Gasteiger partial charge in [-0.1, -0.05) is 60.7 Å². The molecule has 0 aromatic heterocycles. The second-order valence-electron chi connectivity index (χ2n) is 8.50. The average Bonchev–Trinajstić information content (AvgIpc) is 3.41. The van der Waals surface area contributed by atoms with E-state index < -0.39 is 24.0 Å². The van der Waals surface area contributed by atoms with E-state index in [9.17, 15) is 19.5 Å². The van der Waals surface area contributed by atoms with Gasteiger partial charge in [-0.2, -0.15) is 0 Å². The molecule has 2 aliphatic rings. The zero-order valence-corrected chi connectivity index (χ0v) is 19.8. The van der Waals surface area contributed by atoms with E-state index in [0.29, 0.717) is 5.75 Å². The molecule has 2 atom stereocenters. The molecule has 0 saturated carbocycles. The first-order valence-corrected chi connectivity index (χ1v) is 12.4. The molecule has 3 aromatic carbocycles. The minimum Gasteiger partial charge on any atom is -0.480 e. The zero-order valence-electron chi connectivity index (χ0n) is 19.0. The number of hydrogen-bond acceptors (Lipinski definition) is 5. The Bertz CT molecular complexity index is 1260. The van der Waals surface area contributed by atoms with Crippen LogP contribution in [0.15, 0.2) is 72.8 Å². The molecule has 2 amide bonds. The second kappa shape index (κ2) is 9.46. The van der Waals surface area contributed by atoms with Crippen molar-refractivity contribution in [3.63, 3.8) is 0 Å². The van der Waals surface area contributed by atoms with Crippen molar-refractivity contribution in [1.82, 2.24) is 4.90 Å². The Morgan fingerprint density at radius 2 is 1.57 bits per heavy atom. The molecule has 1 fully saturated rings. The smallest absolute Gasteiger partial charge is 0.411 e. The maximum Gasteiger partial charge on any atom is 0.411 e. The number of carboxylic acid groups (broad SMARTS) is 1. The van der Waals surface area contributed by atoms with Crippen LogP contribution in [0.5, 0.6) is 0 Å². The summed E-state index contributed by atoms with van der Waals surface area (Å²) in [6, 6.07) is 21.8. The molecule has 3 aromatic rings. The van der Waals surface area contributed by atoms with Crippen molar-refractivity contribution in [3.05, 3.63) is 89.5 Å². The largest absolute Gasteiger partial charge is 0.480 e. The van der Waals surface area contributed by atoms with Crippen LogP contribution in [-0.4, -0.2) is 51.8 Å². The van der Waals surface area contributed by atoms with Gasteiger partial charge in [0.2, 0.25) is 0 Å². The number of nitrogens with one attached hydrogen (secondary N) is 1. The number of ether oxygens (including phenoxy) is 1. The lowest BCUT2D eigenvalue weighted by atomic mass is 9.98. The molecule has 1 aliphatic carbocycles. The Morgan fingerprint density at radius 3 is 2.23 bits per heavy atom. The van der Waals surface area contributed by atoms with Gasteiger partial charge in [-0.05, 0) is 41.3 Å². The van der Waals surface area contributed by atoms with Crippen LogP contribution in [0.3, 0.4) is 0 Å². The number of amides is 2. The summed E-state index contributed by atoms with van der Waals surface area (Å²) in [6.07, 6.45) is -0.675. The number of thioether (sulfide) groups is 1. The van der Waals surface area contributed by atoms with Crippen LogP contribution < -0.4 is 5.32 Å². The lowest BCUT2D eigenvalue weighted by Gasteiger charge is -2.26. The van der Waals surface area contributed by atoms with E-state index in [1.54, 1.807) is 31.2 Å². The number of fused-ring (bicyclic) bond motifs is 3. The number of hydrogen-bond donors (Lipinski definition) is 2. The lowest BCUT2D eigenvalue weighted by Crippen LogP contribution is -2.45. The molecule has 1 heterocycles. The van der Waals surface area contributed by atoms with Crippen molar-refractivity contribution in [2.75, 3.05) is 17.7 Å². The van der Waals surface area contributed by atoms with Gasteiger partial charge in [-0.15, -0.1) is 11.8 Å². The molecule has 2 unspecified atom stereocenters. The summed E-state index contributed by atoms with van der Waals surface area (Å²) in [5.74, 6) is -1.24. The molecule has 5 rings (SSSR count). The second-order valence-corrected chi connectivity index (χ2v) is 9.84. The molecule has 1 saturated heterocycles. The van der Waals surface area contributed by atoms with Crippen LogP contribution in [0.25, 0.3) is 11.1 Å². The Hall–Kier alpha value is -3.78. The molecule has 7 nitrogen and oxygen atoms in total. The number of aliphatic carboxylic acids is 1. The van der Waals surface area contributed by atoms with Gasteiger partial charge in [-0.3, -0.25) is 10.1 Å². The van der Waals surface area contributed by atoms with Gasteiger partial charge in [-0.25, -0.2) is 9.59 Å². The number of benzene rings is 3. The molecule has 0 spiro atoms. The first-order chi connectivity index (χ1) is 17.0. The highest BCUT2D eigenvalue weighted by molar-refractivity contribution is 8.00. The predicted molar refractivity (Wildman–Crippen MR) is 135 cm³/mol. The lowest BCUT2D eigenvalue weighted by molar-refractivity contribution is -0.141. The van der Waals surface area contributed by atoms with Gasteiger partial charge < -0.3 is 14.7 Å². The van der Waals surface area contributed by atoms with Crippen molar-refractivity contribution in [2.24, 2.45) is 0 Å². The van der Waals surface area contributed by atoms with E-state index >= 15 is 0 Å².